The Labute approximate surface area is 159 Å². The molecule has 0 bridgehead atoms. The van der Waals surface area contributed by atoms with Crippen molar-refractivity contribution in [2.24, 2.45) is 17.1 Å². The molecule has 28 heavy (non-hydrogen) atoms. The third-order valence-electron chi connectivity index (χ3n) is 6.08. The number of H-pyrrole nitrogens is 1. The molecule has 0 amide bonds. The summed E-state index contributed by atoms with van der Waals surface area (Å²) in [4.78, 5) is 21.0. The molecule has 5 N–H and O–H groups in total. The van der Waals surface area contributed by atoms with E-state index in [2.05, 4.69) is 27.2 Å². The number of aromatic nitrogens is 3. The van der Waals surface area contributed by atoms with Gasteiger partial charge in [0.2, 0.25) is 0 Å². The molecule has 0 aromatic carbocycles. The molecule has 2 aliphatic rings. The standard InChI is InChI=1S/C16H23N5.C2HF3O2/c1-2-10-8-18-14-13(10)15(20-9-19-14)21-12-6-11(7-17)16(12)4-3-5-16;3-2(4,5)1(6)7/h8-9,11-12H,2-7,17H2,1H3,(H2,18,19,20,21);(H,6,7). The van der Waals surface area contributed by atoms with Gasteiger partial charge in [-0.3, -0.25) is 0 Å². The maximum Gasteiger partial charge on any atom is 0.490 e. The Kier molecular flexibility index (Phi) is 5.51. The van der Waals surface area contributed by atoms with Gasteiger partial charge in [0.25, 0.3) is 0 Å². The maximum absolute atomic E-state index is 10.6. The number of halogens is 3. The number of anilines is 1. The van der Waals surface area contributed by atoms with E-state index < -0.39 is 12.1 Å². The first-order valence-corrected chi connectivity index (χ1v) is 9.30. The van der Waals surface area contributed by atoms with Gasteiger partial charge < -0.3 is 21.1 Å². The summed E-state index contributed by atoms with van der Waals surface area (Å²) in [7, 11) is 0. The summed E-state index contributed by atoms with van der Waals surface area (Å²) in [6.07, 6.45) is 4.75. The quantitative estimate of drug-likeness (QED) is 0.628. The maximum atomic E-state index is 10.6. The number of carboxylic acids is 1. The molecule has 154 valence electrons. The molecule has 2 atom stereocenters. The summed E-state index contributed by atoms with van der Waals surface area (Å²) in [6.45, 7) is 2.99. The van der Waals surface area contributed by atoms with Gasteiger partial charge >= 0.3 is 12.1 Å². The van der Waals surface area contributed by atoms with E-state index in [4.69, 9.17) is 15.6 Å². The SMILES string of the molecule is CCc1c[nH]c2ncnc(NC3CC(CN)C34CCC4)c12.O=C(O)C(F)(F)F. The van der Waals surface area contributed by atoms with Crippen LogP contribution in [0.1, 0.15) is 38.2 Å². The van der Waals surface area contributed by atoms with Crippen molar-refractivity contribution in [1.82, 2.24) is 15.0 Å². The molecule has 2 aromatic heterocycles. The smallest absolute Gasteiger partial charge is 0.475 e. The number of carbonyl (C=O) groups is 1. The second-order valence-electron chi connectivity index (χ2n) is 7.37. The zero-order chi connectivity index (χ0) is 20.5. The highest BCUT2D eigenvalue weighted by molar-refractivity contribution is 5.90. The molecule has 7 nitrogen and oxygen atoms in total. The highest BCUT2D eigenvalue weighted by Crippen LogP contribution is 2.60. The molecule has 10 heteroatoms. The summed E-state index contributed by atoms with van der Waals surface area (Å²) in [5.41, 5.74) is 8.59. The van der Waals surface area contributed by atoms with Gasteiger partial charge in [-0.2, -0.15) is 13.2 Å². The van der Waals surface area contributed by atoms with E-state index in [1.807, 2.05) is 6.20 Å². The highest BCUT2D eigenvalue weighted by Gasteiger charge is 2.57. The average Bonchev–Trinajstić information content (AvgIpc) is 3.00. The third-order valence-corrected chi connectivity index (χ3v) is 6.08. The molecule has 0 aliphatic heterocycles. The van der Waals surface area contributed by atoms with Crippen molar-refractivity contribution in [1.29, 1.82) is 0 Å². The van der Waals surface area contributed by atoms with E-state index in [-0.39, 0.29) is 0 Å². The Balaban J connectivity index is 0.000000279. The van der Waals surface area contributed by atoms with Crippen LogP contribution in [-0.2, 0) is 11.2 Å². The lowest BCUT2D eigenvalue weighted by molar-refractivity contribution is -0.192. The number of aliphatic carboxylic acids is 1. The molecular formula is C18H24F3N5O2. The molecule has 2 fully saturated rings. The van der Waals surface area contributed by atoms with Gasteiger partial charge in [-0.1, -0.05) is 13.3 Å². The van der Waals surface area contributed by atoms with Gasteiger partial charge in [0.1, 0.15) is 17.8 Å². The summed E-state index contributed by atoms with van der Waals surface area (Å²) in [6, 6.07) is 0.525. The molecule has 4 rings (SSSR count). The molecule has 0 saturated heterocycles. The van der Waals surface area contributed by atoms with Crippen LogP contribution in [0, 0.1) is 11.3 Å². The van der Waals surface area contributed by atoms with Gasteiger partial charge in [0.15, 0.2) is 0 Å². The van der Waals surface area contributed by atoms with Crippen LogP contribution in [0.5, 0.6) is 0 Å². The molecule has 2 saturated carbocycles. The highest BCUT2D eigenvalue weighted by atomic mass is 19.4. The lowest BCUT2D eigenvalue weighted by Gasteiger charge is -2.61. The van der Waals surface area contributed by atoms with Gasteiger partial charge in [-0.25, -0.2) is 14.8 Å². The first-order valence-electron chi connectivity index (χ1n) is 9.30. The molecule has 1 spiro atoms. The number of nitrogens with two attached hydrogens (primary N) is 1. The number of aromatic amines is 1. The van der Waals surface area contributed by atoms with Crippen molar-refractivity contribution in [3.05, 3.63) is 18.1 Å². The number of hydrogen-bond donors (Lipinski definition) is 4. The summed E-state index contributed by atoms with van der Waals surface area (Å²) < 4.78 is 31.7. The fourth-order valence-corrected chi connectivity index (χ4v) is 4.33. The minimum atomic E-state index is -5.08. The van der Waals surface area contributed by atoms with E-state index in [1.165, 1.54) is 31.2 Å². The number of nitrogens with zero attached hydrogens (tertiary/aromatic N) is 2. The fourth-order valence-electron chi connectivity index (χ4n) is 4.33. The van der Waals surface area contributed by atoms with E-state index >= 15 is 0 Å². The van der Waals surface area contributed by atoms with Crippen molar-refractivity contribution in [2.75, 3.05) is 11.9 Å². The van der Waals surface area contributed by atoms with Crippen LogP contribution >= 0.6 is 0 Å². The molecule has 2 heterocycles. The summed E-state index contributed by atoms with van der Waals surface area (Å²) in [5, 5.41) is 12.0. The monoisotopic (exact) mass is 399 g/mol. The zero-order valence-corrected chi connectivity index (χ0v) is 15.5. The van der Waals surface area contributed by atoms with Crippen molar-refractivity contribution < 1.29 is 23.1 Å². The Bertz CT molecular complexity index is 847. The van der Waals surface area contributed by atoms with E-state index in [0.717, 1.165) is 29.8 Å². The van der Waals surface area contributed by atoms with E-state index in [0.29, 0.717) is 17.4 Å². The predicted octanol–water partition coefficient (Wildman–Crippen LogP) is 3.08. The van der Waals surface area contributed by atoms with Crippen LogP contribution in [0.3, 0.4) is 0 Å². The van der Waals surface area contributed by atoms with Gasteiger partial charge in [0, 0.05) is 12.2 Å². The van der Waals surface area contributed by atoms with Crippen molar-refractivity contribution in [3.63, 3.8) is 0 Å². The topological polar surface area (TPSA) is 117 Å². The zero-order valence-electron chi connectivity index (χ0n) is 15.5. The second kappa shape index (κ2) is 7.57. The number of fused-ring (bicyclic) bond motifs is 1. The van der Waals surface area contributed by atoms with Gasteiger partial charge in [0.05, 0.1) is 5.39 Å². The van der Waals surface area contributed by atoms with Crippen molar-refractivity contribution in [2.45, 2.75) is 51.2 Å². The Hall–Kier alpha value is -2.36. The number of carboxylic acid groups (broad SMARTS) is 1. The van der Waals surface area contributed by atoms with Crippen LogP contribution in [-0.4, -0.2) is 44.8 Å². The van der Waals surface area contributed by atoms with Crippen LogP contribution in [0.4, 0.5) is 19.0 Å². The lowest BCUT2D eigenvalue weighted by atomic mass is 9.47. The van der Waals surface area contributed by atoms with Crippen molar-refractivity contribution in [3.8, 4) is 0 Å². The Morgan fingerprint density at radius 3 is 2.61 bits per heavy atom. The first kappa shape index (κ1) is 20.4. The van der Waals surface area contributed by atoms with E-state index in [1.54, 1.807) is 6.33 Å². The van der Waals surface area contributed by atoms with Gasteiger partial charge in [-0.15, -0.1) is 0 Å². The van der Waals surface area contributed by atoms with Crippen LogP contribution in [0.25, 0.3) is 11.0 Å². The molecule has 0 radical (unpaired) electrons. The Morgan fingerprint density at radius 1 is 1.43 bits per heavy atom. The first-order chi connectivity index (χ1) is 13.2. The number of alkyl halides is 3. The summed E-state index contributed by atoms with van der Waals surface area (Å²) >= 11 is 0. The fraction of sp³-hybridized carbons (Fsp3) is 0.611. The molecular weight excluding hydrogens is 375 g/mol. The lowest BCUT2D eigenvalue weighted by Crippen LogP contribution is -2.62. The predicted molar refractivity (Wildman–Crippen MR) is 97.8 cm³/mol. The molecule has 2 unspecified atom stereocenters. The average molecular weight is 399 g/mol. The molecule has 2 aliphatic carbocycles. The van der Waals surface area contributed by atoms with Crippen LogP contribution < -0.4 is 11.1 Å². The number of aryl methyl sites for hydroxylation is 1. The molecule has 2 aromatic rings. The number of nitrogens with one attached hydrogen (secondary N) is 2. The second-order valence-corrected chi connectivity index (χ2v) is 7.37. The van der Waals surface area contributed by atoms with Crippen LogP contribution in [0.2, 0.25) is 0 Å². The normalized spacial score (nSPS) is 22.8. The van der Waals surface area contributed by atoms with Crippen molar-refractivity contribution >= 4 is 22.8 Å². The number of rotatable bonds is 4. The number of hydrogen-bond acceptors (Lipinski definition) is 5. The van der Waals surface area contributed by atoms with Crippen LogP contribution in [0.15, 0.2) is 12.5 Å². The largest absolute Gasteiger partial charge is 0.490 e. The minimum absolute atomic E-state index is 0.439. The van der Waals surface area contributed by atoms with E-state index in [9.17, 15) is 13.2 Å². The summed E-state index contributed by atoms with van der Waals surface area (Å²) in [5.74, 6) is -1.07. The third kappa shape index (κ3) is 3.52. The van der Waals surface area contributed by atoms with Gasteiger partial charge in [-0.05, 0) is 49.1 Å². The minimum Gasteiger partial charge on any atom is -0.475 e. The Morgan fingerprint density at radius 2 is 2.11 bits per heavy atom.